The molecule has 0 spiro atoms. The molecule has 1 saturated heterocycles. The highest BCUT2D eigenvalue weighted by atomic mass is 16.2. The molecule has 1 saturated carbocycles. The second-order valence-corrected chi connectivity index (χ2v) is 9.98. The Balaban J connectivity index is 1.59. The van der Waals surface area contributed by atoms with Crippen molar-refractivity contribution in [2.75, 3.05) is 43.5 Å². The van der Waals surface area contributed by atoms with Gasteiger partial charge < -0.3 is 14.7 Å². The summed E-state index contributed by atoms with van der Waals surface area (Å²) in [5.41, 5.74) is 4.21. The molecule has 1 aliphatic carbocycles. The maximum atomic E-state index is 13.3. The maximum absolute atomic E-state index is 13.3. The zero-order valence-corrected chi connectivity index (χ0v) is 21.1. The van der Waals surface area contributed by atoms with E-state index in [4.69, 9.17) is 4.98 Å². The predicted molar refractivity (Wildman–Crippen MR) is 139 cm³/mol. The van der Waals surface area contributed by atoms with Gasteiger partial charge in [-0.2, -0.15) is 0 Å². The molecule has 0 unspecified atom stereocenters. The van der Waals surface area contributed by atoms with Crippen LogP contribution in [0.5, 0.6) is 0 Å². The Kier molecular flexibility index (Phi) is 7.67. The highest BCUT2D eigenvalue weighted by Gasteiger charge is 2.29. The summed E-state index contributed by atoms with van der Waals surface area (Å²) in [6.07, 6.45) is 9.25. The van der Waals surface area contributed by atoms with Gasteiger partial charge in [-0.3, -0.25) is 9.59 Å². The molecule has 1 aromatic heterocycles. The molecule has 34 heavy (non-hydrogen) atoms. The van der Waals surface area contributed by atoms with Crippen LogP contribution >= 0.6 is 0 Å². The van der Waals surface area contributed by atoms with Crippen LogP contribution in [-0.4, -0.2) is 61.8 Å². The summed E-state index contributed by atoms with van der Waals surface area (Å²) in [7, 11) is 4.30. The summed E-state index contributed by atoms with van der Waals surface area (Å²) >= 11 is 0. The summed E-state index contributed by atoms with van der Waals surface area (Å²) < 4.78 is 0. The normalized spacial score (nSPS) is 17.4. The van der Waals surface area contributed by atoms with Crippen molar-refractivity contribution in [2.24, 2.45) is 5.92 Å². The number of hydrogen-bond acceptors (Lipinski definition) is 5. The molecule has 1 aromatic carbocycles. The third kappa shape index (κ3) is 5.02. The fraction of sp³-hybridized carbons (Fsp3) is 0.536. The molecule has 6 heteroatoms. The van der Waals surface area contributed by atoms with E-state index in [1.807, 2.05) is 31.0 Å². The van der Waals surface area contributed by atoms with Gasteiger partial charge in [0.15, 0.2) is 0 Å². The van der Waals surface area contributed by atoms with Gasteiger partial charge in [-0.05, 0) is 89.0 Å². The van der Waals surface area contributed by atoms with E-state index in [0.29, 0.717) is 18.2 Å². The van der Waals surface area contributed by atoms with Crippen molar-refractivity contribution in [3.05, 3.63) is 41.6 Å². The van der Waals surface area contributed by atoms with Gasteiger partial charge in [-0.25, -0.2) is 4.98 Å². The Bertz CT molecular complexity index is 1000. The van der Waals surface area contributed by atoms with E-state index < -0.39 is 0 Å². The first-order valence-electron chi connectivity index (χ1n) is 12.7. The summed E-state index contributed by atoms with van der Waals surface area (Å²) in [5, 5.41) is 0. The minimum Gasteiger partial charge on any atom is -0.357 e. The van der Waals surface area contributed by atoms with Crippen molar-refractivity contribution in [1.82, 2.24) is 9.88 Å². The van der Waals surface area contributed by atoms with Crippen LogP contribution in [0.2, 0.25) is 0 Å². The first-order valence-corrected chi connectivity index (χ1v) is 12.7. The molecule has 2 fully saturated rings. The largest absolute Gasteiger partial charge is 0.357 e. The Labute approximate surface area is 204 Å². The van der Waals surface area contributed by atoms with Crippen LogP contribution in [0.4, 0.5) is 11.5 Å². The molecule has 6 nitrogen and oxygen atoms in total. The molecule has 4 rings (SSSR count). The topological polar surface area (TPSA) is 56.8 Å². The van der Waals surface area contributed by atoms with Gasteiger partial charge in [0.05, 0.1) is 0 Å². The summed E-state index contributed by atoms with van der Waals surface area (Å²) in [6, 6.07) is 8.76. The molecule has 2 heterocycles. The monoisotopic (exact) mass is 462 g/mol. The number of carbonyl (C=O) groups is 2. The maximum Gasteiger partial charge on any atom is 0.230 e. The van der Waals surface area contributed by atoms with Crippen LogP contribution in [0.1, 0.15) is 61.4 Å². The SMILES string of the molecule is CCN(C(=O)C1CCCC1)c1cc(-c2ccc(N3CCC(N(C)C)CC3)nc2)cc(C=O)c1C. The number of benzene rings is 1. The highest BCUT2D eigenvalue weighted by molar-refractivity contribution is 5.98. The highest BCUT2D eigenvalue weighted by Crippen LogP contribution is 2.34. The molecule has 0 radical (unpaired) electrons. The molecule has 0 N–H and O–H groups in total. The third-order valence-corrected chi connectivity index (χ3v) is 7.72. The van der Waals surface area contributed by atoms with E-state index >= 15 is 0 Å². The summed E-state index contributed by atoms with van der Waals surface area (Å²) in [5.74, 6) is 1.28. The second kappa shape index (κ2) is 10.7. The standard InChI is InChI=1S/C28H38N4O2/c1-5-32(28(34)21-8-6-7-9-21)26-17-23(16-24(19-33)20(26)2)22-10-11-27(29-18-22)31-14-12-25(13-15-31)30(3)4/h10-11,16-19,21,25H,5-9,12-15H2,1-4H3. The molecule has 182 valence electrons. The number of anilines is 2. The van der Waals surface area contributed by atoms with Crippen LogP contribution in [0.25, 0.3) is 11.1 Å². The van der Waals surface area contributed by atoms with Crippen molar-refractivity contribution in [1.29, 1.82) is 0 Å². The first-order chi connectivity index (χ1) is 16.4. The number of aldehydes is 1. The lowest BCUT2D eigenvalue weighted by atomic mass is 9.97. The Hall–Kier alpha value is -2.73. The van der Waals surface area contributed by atoms with Gasteiger partial charge in [0.25, 0.3) is 0 Å². The van der Waals surface area contributed by atoms with Gasteiger partial charge in [-0.1, -0.05) is 12.8 Å². The molecule has 2 aliphatic rings. The number of hydrogen-bond donors (Lipinski definition) is 0. The second-order valence-electron chi connectivity index (χ2n) is 9.98. The van der Waals surface area contributed by atoms with Gasteiger partial charge in [0.1, 0.15) is 12.1 Å². The quantitative estimate of drug-likeness (QED) is 0.546. The lowest BCUT2D eigenvalue weighted by molar-refractivity contribution is -0.122. The van der Waals surface area contributed by atoms with Crippen molar-refractivity contribution in [3.8, 4) is 11.1 Å². The molecule has 2 aromatic rings. The number of nitrogens with zero attached hydrogens (tertiary/aromatic N) is 4. The van der Waals surface area contributed by atoms with Crippen molar-refractivity contribution in [3.63, 3.8) is 0 Å². The lowest BCUT2D eigenvalue weighted by Gasteiger charge is -2.35. The smallest absolute Gasteiger partial charge is 0.230 e. The molecule has 0 bridgehead atoms. The number of amides is 1. The molecule has 1 aliphatic heterocycles. The van der Waals surface area contributed by atoms with E-state index in [9.17, 15) is 9.59 Å². The first kappa shape index (κ1) is 24.4. The fourth-order valence-corrected chi connectivity index (χ4v) is 5.48. The minimum atomic E-state index is 0.0975. The average Bonchev–Trinajstić information content (AvgIpc) is 3.41. The number of aromatic nitrogens is 1. The lowest BCUT2D eigenvalue weighted by Crippen LogP contribution is -2.42. The van der Waals surface area contributed by atoms with Gasteiger partial charge in [-0.15, -0.1) is 0 Å². The van der Waals surface area contributed by atoms with Crippen molar-refractivity contribution in [2.45, 2.75) is 58.4 Å². The van der Waals surface area contributed by atoms with Crippen LogP contribution in [0, 0.1) is 12.8 Å². The number of rotatable bonds is 7. The van der Waals surface area contributed by atoms with E-state index in [1.165, 1.54) is 0 Å². The van der Waals surface area contributed by atoms with Gasteiger partial charge in [0, 0.05) is 54.6 Å². The van der Waals surface area contributed by atoms with Crippen molar-refractivity contribution >= 4 is 23.7 Å². The van der Waals surface area contributed by atoms with Crippen LogP contribution in [0.15, 0.2) is 30.5 Å². The summed E-state index contributed by atoms with van der Waals surface area (Å²) in [6.45, 7) is 6.56. The van der Waals surface area contributed by atoms with Crippen LogP contribution in [-0.2, 0) is 4.79 Å². The minimum absolute atomic E-state index is 0.0975. The summed E-state index contributed by atoms with van der Waals surface area (Å²) in [4.78, 5) is 36.5. The molecular formula is C28H38N4O2. The Morgan fingerprint density at radius 3 is 2.35 bits per heavy atom. The number of carbonyl (C=O) groups excluding carboxylic acids is 2. The van der Waals surface area contributed by atoms with E-state index in [-0.39, 0.29) is 11.8 Å². The van der Waals surface area contributed by atoms with Crippen LogP contribution < -0.4 is 9.80 Å². The zero-order chi connectivity index (χ0) is 24.2. The van der Waals surface area contributed by atoms with E-state index in [1.54, 1.807) is 0 Å². The Morgan fingerprint density at radius 2 is 1.79 bits per heavy atom. The van der Waals surface area contributed by atoms with Crippen molar-refractivity contribution < 1.29 is 9.59 Å². The van der Waals surface area contributed by atoms with Gasteiger partial charge in [0.2, 0.25) is 5.91 Å². The zero-order valence-electron chi connectivity index (χ0n) is 21.1. The van der Waals surface area contributed by atoms with Crippen LogP contribution in [0.3, 0.4) is 0 Å². The number of piperidine rings is 1. The average molecular weight is 463 g/mol. The number of pyridine rings is 1. The fourth-order valence-electron chi connectivity index (χ4n) is 5.48. The van der Waals surface area contributed by atoms with E-state index in [2.05, 4.69) is 42.1 Å². The third-order valence-electron chi connectivity index (χ3n) is 7.72. The molecule has 1 amide bonds. The molecular weight excluding hydrogens is 424 g/mol. The Morgan fingerprint density at radius 1 is 1.09 bits per heavy atom. The predicted octanol–water partition coefficient (Wildman–Crippen LogP) is 4.94. The van der Waals surface area contributed by atoms with E-state index in [0.717, 1.165) is 86.1 Å². The molecule has 0 atom stereocenters. The van der Waals surface area contributed by atoms with Gasteiger partial charge >= 0.3 is 0 Å².